The molecule has 0 unspecified atom stereocenters. The molecule has 0 aliphatic rings. The average molecular weight is 363 g/mol. The van der Waals surface area contributed by atoms with Gasteiger partial charge in [0.2, 0.25) is 0 Å². The second-order valence-corrected chi connectivity index (χ2v) is 5.34. The normalized spacial score (nSPS) is 10.3. The molecule has 1 amide bonds. The number of nitrogens with one attached hydrogen (secondary N) is 1. The first-order chi connectivity index (χ1) is 8.99. The lowest BCUT2D eigenvalue weighted by molar-refractivity contribution is 0.102. The highest BCUT2D eigenvalue weighted by atomic mass is 79.9. The van der Waals surface area contributed by atoms with Crippen molar-refractivity contribution in [3.05, 3.63) is 62.3 Å². The molecule has 19 heavy (non-hydrogen) atoms. The number of amides is 1. The Kier molecular flexibility index (Phi) is 4.45. The molecule has 1 N–H and O–H groups in total. The predicted octanol–water partition coefficient (Wildman–Crippen LogP) is 5.15. The molecule has 0 radical (unpaired) electrons. The first-order valence-corrected chi connectivity index (χ1v) is 6.74. The number of carbonyl (C=O) groups is 1. The van der Waals surface area contributed by atoms with Crippen LogP contribution in [0.3, 0.4) is 0 Å². The van der Waals surface area contributed by atoms with E-state index in [0.717, 1.165) is 0 Å². The molecule has 0 aromatic heterocycles. The highest BCUT2D eigenvalue weighted by molar-refractivity contribution is 9.10. The molecular formula is C13H7BrCl2FNO. The van der Waals surface area contributed by atoms with E-state index in [1.807, 2.05) is 0 Å². The maximum atomic E-state index is 13.1. The molecule has 0 aliphatic carbocycles. The van der Waals surface area contributed by atoms with Crippen LogP contribution in [0.25, 0.3) is 0 Å². The van der Waals surface area contributed by atoms with Crippen molar-refractivity contribution in [3.8, 4) is 0 Å². The van der Waals surface area contributed by atoms with Crippen molar-refractivity contribution in [1.29, 1.82) is 0 Å². The summed E-state index contributed by atoms with van der Waals surface area (Å²) in [4.78, 5) is 12.1. The zero-order valence-corrected chi connectivity index (χ0v) is 12.5. The monoisotopic (exact) mass is 361 g/mol. The van der Waals surface area contributed by atoms with Crippen molar-refractivity contribution in [2.24, 2.45) is 0 Å². The zero-order chi connectivity index (χ0) is 14.0. The first-order valence-electron chi connectivity index (χ1n) is 5.19. The van der Waals surface area contributed by atoms with E-state index >= 15 is 0 Å². The minimum atomic E-state index is -0.498. The molecule has 2 aromatic carbocycles. The minimum absolute atomic E-state index is 0.155. The second-order valence-electron chi connectivity index (χ2n) is 3.67. The van der Waals surface area contributed by atoms with Gasteiger partial charge in [-0.05, 0) is 46.3 Å². The van der Waals surface area contributed by atoms with E-state index in [2.05, 4.69) is 21.2 Å². The van der Waals surface area contributed by atoms with Gasteiger partial charge in [-0.1, -0.05) is 29.3 Å². The molecule has 0 spiro atoms. The molecule has 0 heterocycles. The van der Waals surface area contributed by atoms with Gasteiger partial charge in [-0.25, -0.2) is 4.39 Å². The van der Waals surface area contributed by atoms with Gasteiger partial charge in [0.25, 0.3) is 5.91 Å². The van der Waals surface area contributed by atoms with Crippen LogP contribution in [-0.4, -0.2) is 5.91 Å². The highest BCUT2D eigenvalue weighted by Crippen LogP contribution is 2.28. The smallest absolute Gasteiger partial charge is 0.258 e. The standard InChI is InChI=1S/C13H7BrCl2FNO/c14-8-5-4-7(17)6-11(8)18-13(19)12-9(15)2-1-3-10(12)16/h1-6H,(H,18,19). The zero-order valence-electron chi connectivity index (χ0n) is 9.38. The van der Waals surface area contributed by atoms with E-state index in [-0.39, 0.29) is 15.6 Å². The Morgan fingerprint density at radius 3 is 2.42 bits per heavy atom. The molecule has 0 fully saturated rings. The van der Waals surface area contributed by atoms with Crippen molar-refractivity contribution >= 4 is 50.7 Å². The summed E-state index contributed by atoms with van der Waals surface area (Å²) in [5.74, 6) is -0.953. The molecule has 98 valence electrons. The Balaban J connectivity index is 2.34. The van der Waals surface area contributed by atoms with Gasteiger partial charge in [-0.15, -0.1) is 0 Å². The van der Waals surface area contributed by atoms with Crippen LogP contribution in [0, 0.1) is 5.82 Å². The molecule has 0 atom stereocenters. The molecule has 0 bridgehead atoms. The minimum Gasteiger partial charge on any atom is -0.321 e. The average Bonchev–Trinajstić information content (AvgIpc) is 2.33. The molecule has 0 saturated carbocycles. The van der Waals surface area contributed by atoms with Crippen molar-refractivity contribution in [1.82, 2.24) is 0 Å². The van der Waals surface area contributed by atoms with E-state index < -0.39 is 11.7 Å². The lowest BCUT2D eigenvalue weighted by atomic mass is 10.2. The summed E-state index contributed by atoms with van der Waals surface area (Å²) in [5, 5.41) is 3.02. The van der Waals surface area contributed by atoms with Crippen LogP contribution < -0.4 is 5.32 Å². The van der Waals surface area contributed by atoms with Crippen LogP contribution in [0.5, 0.6) is 0 Å². The van der Waals surface area contributed by atoms with Crippen molar-refractivity contribution in [2.45, 2.75) is 0 Å². The third-order valence-corrected chi connectivity index (χ3v) is 3.69. The lowest BCUT2D eigenvalue weighted by Crippen LogP contribution is -2.13. The predicted molar refractivity (Wildman–Crippen MR) is 78.5 cm³/mol. The van der Waals surface area contributed by atoms with Crippen LogP contribution in [0.2, 0.25) is 10.0 Å². The Morgan fingerprint density at radius 1 is 1.16 bits per heavy atom. The number of anilines is 1. The largest absolute Gasteiger partial charge is 0.321 e. The van der Waals surface area contributed by atoms with Gasteiger partial charge >= 0.3 is 0 Å². The number of hydrogen-bond acceptors (Lipinski definition) is 1. The van der Waals surface area contributed by atoms with E-state index in [4.69, 9.17) is 23.2 Å². The van der Waals surface area contributed by atoms with E-state index in [1.54, 1.807) is 18.2 Å². The number of hydrogen-bond donors (Lipinski definition) is 1. The van der Waals surface area contributed by atoms with Gasteiger partial charge in [0.15, 0.2) is 0 Å². The maximum Gasteiger partial charge on any atom is 0.258 e. The fourth-order valence-corrected chi connectivity index (χ4v) is 2.41. The van der Waals surface area contributed by atoms with E-state index in [0.29, 0.717) is 10.2 Å². The van der Waals surface area contributed by atoms with Gasteiger partial charge in [0.1, 0.15) is 5.82 Å². The molecule has 6 heteroatoms. The molecule has 2 aromatic rings. The summed E-state index contributed by atoms with van der Waals surface area (Å²) in [6.45, 7) is 0. The van der Waals surface area contributed by atoms with Gasteiger partial charge in [-0.2, -0.15) is 0 Å². The SMILES string of the molecule is O=C(Nc1cc(F)ccc1Br)c1c(Cl)cccc1Cl. The third-order valence-electron chi connectivity index (χ3n) is 2.37. The highest BCUT2D eigenvalue weighted by Gasteiger charge is 2.15. The summed E-state index contributed by atoms with van der Waals surface area (Å²) >= 11 is 15.1. The second kappa shape index (κ2) is 5.90. The van der Waals surface area contributed by atoms with Crippen LogP contribution in [0.1, 0.15) is 10.4 Å². The fraction of sp³-hybridized carbons (Fsp3) is 0. The Hall–Kier alpha value is -1.10. The Morgan fingerprint density at radius 2 is 1.79 bits per heavy atom. The van der Waals surface area contributed by atoms with Gasteiger partial charge < -0.3 is 5.32 Å². The third kappa shape index (κ3) is 3.26. The van der Waals surface area contributed by atoms with Gasteiger partial charge in [0, 0.05) is 4.47 Å². The van der Waals surface area contributed by atoms with Crippen LogP contribution in [0.15, 0.2) is 40.9 Å². The van der Waals surface area contributed by atoms with Crippen molar-refractivity contribution in [3.63, 3.8) is 0 Å². The number of rotatable bonds is 2. The fourth-order valence-electron chi connectivity index (χ4n) is 1.49. The summed E-state index contributed by atoms with van der Waals surface area (Å²) < 4.78 is 13.7. The molecule has 0 saturated heterocycles. The Labute approximate surface area is 127 Å². The summed E-state index contributed by atoms with van der Waals surface area (Å²) in [7, 11) is 0. The Bertz CT molecular complexity index is 628. The number of carbonyl (C=O) groups excluding carboxylic acids is 1. The van der Waals surface area contributed by atoms with Crippen molar-refractivity contribution in [2.75, 3.05) is 5.32 Å². The summed E-state index contributed by atoms with van der Waals surface area (Å²) in [6, 6.07) is 8.74. The van der Waals surface area contributed by atoms with Crippen LogP contribution >= 0.6 is 39.1 Å². The quantitative estimate of drug-likeness (QED) is 0.786. The number of benzene rings is 2. The van der Waals surface area contributed by atoms with E-state index in [9.17, 15) is 9.18 Å². The summed E-state index contributed by atoms with van der Waals surface area (Å²) in [5.41, 5.74) is 0.461. The van der Waals surface area contributed by atoms with Crippen molar-refractivity contribution < 1.29 is 9.18 Å². The summed E-state index contributed by atoms with van der Waals surface area (Å²) in [6.07, 6.45) is 0. The lowest BCUT2D eigenvalue weighted by Gasteiger charge is -2.10. The molecule has 2 nitrogen and oxygen atoms in total. The maximum absolute atomic E-state index is 13.1. The van der Waals surface area contributed by atoms with Crippen LogP contribution in [0.4, 0.5) is 10.1 Å². The molecule has 0 aliphatic heterocycles. The molecular weight excluding hydrogens is 356 g/mol. The van der Waals surface area contributed by atoms with Gasteiger partial charge in [-0.3, -0.25) is 4.79 Å². The first kappa shape index (κ1) is 14.3. The van der Waals surface area contributed by atoms with Gasteiger partial charge in [0.05, 0.1) is 21.3 Å². The topological polar surface area (TPSA) is 29.1 Å². The van der Waals surface area contributed by atoms with E-state index in [1.165, 1.54) is 18.2 Å². The molecule has 2 rings (SSSR count). The van der Waals surface area contributed by atoms with Crippen LogP contribution in [-0.2, 0) is 0 Å². The number of halogens is 4.